The molecule has 0 amide bonds. The summed E-state index contributed by atoms with van der Waals surface area (Å²) >= 11 is -1.75. The summed E-state index contributed by atoms with van der Waals surface area (Å²) in [5.74, 6) is 0. The Morgan fingerprint density at radius 2 is 1.42 bits per heavy atom. The molecule has 2 aliphatic carbocycles. The van der Waals surface area contributed by atoms with Gasteiger partial charge in [0.05, 0.1) is 0 Å². The van der Waals surface area contributed by atoms with Crippen molar-refractivity contribution in [2.45, 2.75) is 36.0 Å². The average Bonchev–Trinajstić information content (AvgIpc) is 3.27. The number of allylic oxidation sites excluding steroid dienone is 4. The maximum absolute atomic E-state index is 2.49. The second-order valence-corrected chi connectivity index (χ2v) is 22.7. The second-order valence-electron chi connectivity index (χ2n) is 6.66. The zero-order chi connectivity index (χ0) is 16.5. The summed E-state index contributed by atoms with van der Waals surface area (Å²) in [5, 5.41) is 0. The summed E-state index contributed by atoms with van der Waals surface area (Å²) in [6, 6.07) is 21.4. The zero-order valence-corrected chi connectivity index (χ0v) is 20.3. The van der Waals surface area contributed by atoms with Crippen LogP contribution in [0.1, 0.15) is 35.0 Å². The molecule has 134 valence electrons. The van der Waals surface area contributed by atoms with Crippen LogP contribution in [0.4, 0.5) is 0 Å². The van der Waals surface area contributed by atoms with Gasteiger partial charge in [-0.05, 0) is 0 Å². The fourth-order valence-corrected chi connectivity index (χ4v) is 26.6. The topological polar surface area (TPSA) is 0 Å². The van der Waals surface area contributed by atoms with E-state index in [0.29, 0.717) is 0 Å². The fraction of sp³-hybridized carbons (Fsp3) is 0.273. The largest absolute Gasteiger partial charge is 1.00 e. The van der Waals surface area contributed by atoms with Crippen molar-refractivity contribution in [3.8, 4) is 11.1 Å². The quantitative estimate of drug-likeness (QED) is 0.553. The Kier molecular flexibility index (Phi) is 8.16. The third-order valence-electron chi connectivity index (χ3n) is 5.47. The second kappa shape index (κ2) is 9.69. The van der Waals surface area contributed by atoms with Gasteiger partial charge in [-0.3, -0.25) is 0 Å². The number of fused-ring (bicyclic) bond motifs is 3. The zero-order valence-electron chi connectivity index (χ0n) is 15.3. The Bertz CT molecular complexity index is 832. The summed E-state index contributed by atoms with van der Waals surface area (Å²) in [7, 11) is 0. The van der Waals surface area contributed by atoms with Crippen molar-refractivity contribution in [2.24, 2.45) is 0 Å². The van der Waals surface area contributed by atoms with Gasteiger partial charge in [0.25, 0.3) is 0 Å². The van der Waals surface area contributed by atoms with E-state index in [1.54, 1.807) is 11.1 Å². The first-order valence-corrected chi connectivity index (χ1v) is 17.4. The minimum atomic E-state index is -1.75. The van der Waals surface area contributed by atoms with E-state index in [0.717, 1.165) is 3.63 Å². The molecule has 2 aromatic carbocycles. The molecule has 0 fully saturated rings. The minimum absolute atomic E-state index is 0. The fourth-order valence-electron chi connectivity index (χ4n) is 4.36. The number of rotatable bonds is 4. The van der Waals surface area contributed by atoms with Crippen LogP contribution >= 0.6 is 0 Å². The monoisotopic (exact) mass is 476 g/mol. The molecule has 0 bridgehead atoms. The molecule has 0 saturated carbocycles. The molecule has 0 aliphatic heterocycles. The van der Waals surface area contributed by atoms with Crippen molar-refractivity contribution in [1.29, 1.82) is 0 Å². The van der Waals surface area contributed by atoms with E-state index in [-0.39, 0.29) is 30.2 Å². The third kappa shape index (κ3) is 3.76. The van der Waals surface area contributed by atoms with Crippen LogP contribution in [-0.2, 0) is 20.4 Å². The van der Waals surface area contributed by atoms with Crippen LogP contribution in [0, 0.1) is 0 Å². The first-order valence-electron chi connectivity index (χ1n) is 9.11. The molecule has 0 atom stereocenters. The minimum Gasteiger partial charge on any atom is -1.00 e. The molecule has 4 heteroatoms. The van der Waals surface area contributed by atoms with E-state index in [2.05, 4.69) is 80.6 Å². The van der Waals surface area contributed by atoms with Crippen molar-refractivity contribution in [2.75, 3.05) is 0 Å². The van der Waals surface area contributed by atoms with E-state index in [1.807, 2.05) is 3.28 Å². The van der Waals surface area contributed by atoms with Crippen LogP contribution < -0.4 is 24.8 Å². The van der Waals surface area contributed by atoms with Gasteiger partial charge in [0.15, 0.2) is 0 Å². The Balaban J connectivity index is 0.00000121. The maximum atomic E-state index is 2.49. The molecule has 2 aromatic rings. The smallest absolute Gasteiger partial charge is 1.00 e. The Morgan fingerprint density at radius 1 is 0.885 bits per heavy atom. The van der Waals surface area contributed by atoms with Gasteiger partial charge in [0.2, 0.25) is 0 Å². The van der Waals surface area contributed by atoms with E-state index in [1.165, 1.54) is 29.6 Å². The summed E-state index contributed by atoms with van der Waals surface area (Å²) in [6.45, 7) is 4.90. The van der Waals surface area contributed by atoms with Crippen molar-refractivity contribution < 1.29 is 45.2 Å². The molecule has 0 unspecified atom stereocenters. The molecule has 0 radical (unpaired) electrons. The van der Waals surface area contributed by atoms with Gasteiger partial charge in [-0.1, -0.05) is 0 Å². The Hall–Kier alpha value is -0.400. The summed E-state index contributed by atoms with van der Waals surface area (Å²) in [4.78, 5) is 0. The number of benzene rings is 2. The summed E-state index contributed by atoms with van der Waals surface area (Å²) in [5.41, 5.74) is 6.09. The summed E-state index contributed by atoms with van der Waals surface area (Å²) < 4.78 is 2.62. The Morgan fingerprint density at radius 3 is 1.88 bits per heavy atom. The van der Waals surface area contributed by atoms with E-state index in [4.69, 9.17) is 0 Å². The number of hydrogen-bond donors (Lipinski definition) is 0. The van der Waals surface area contributed by atoms with Crippen molar-refractivity contribution >= 4 is 5.43 Å². The van der Waals surface area contributed by atoms with Gasteiger partial charge < -0.3 is 24.8 Å². The van der Waals surface area contributed by atoms with Gasteiger partial charge in [0, 0.05) is 0 Å². The van der Waals surface area contributed by atoms with E-state index < -0.39 is 20.4 Å². The van der Waals surface area contributed by atoms with Gasteiger partial charge in [-0.2, -0.15) is 0 Å². The van der Waals surface area contributed by atoms with Crippen LogP contribution in [0.3, 0.4) is 0 Å². The maximum Gasteiger partial charge on any atom is -1.00 e. The third-order valence-corrected chi connectivity index (χ3v) is 27.9. The Labute approximate surface area is 177 Å². The first kappa shape index (κ1) is 21.9. The predicted octanol–water partition coefficient (Wildman–Crippen LogP) is 0.258. The van der Waals surface area contributed by atoms with Crippen molar-refractivity contribution in [1.82, 2.24) is 0 Å². The van der Waals surface area contributed by atoms with Gasteiger partial charge in [-0.25, -0.2) is 0 Å². The van der Waals surface area contributed by atoms with Crippen molar-refractivity contribution in [3.05, 3.63) is 81.2 Å². The molecule has 0 spiro atoms. The van der Waals surface area contributed by atoms with Crippen LogP contribution in [-0.4, -0.2) is 5.43 Å². The van der Waals surface area contributed by atoms with Crippen LogP contribution in [0.25, 0.3) is 11.1 Å². The van der Waals surface area contributed by atoms with Gasteiger partial charge in [0.1, 0.15) is 0 Å². The van der Waals surface area contributed by atoms with Crippen LogP contribution in [0.15, 0.2) is 70.0 Å². The molecule has 0 aromatic heterocycles. The predicted molar refractivity (Wildman–Crippen MR) is 102 cm³/mol. The van der Waals surface area contributed by atoms with Gasteiger partial charge in [-0.15, -0.1) is 0 Å². The van der Waals surface area contributed by atoms with E-state index >= 15 is 0 Å². The normalized spacial score (nSPS) is 13.7. The molecular formula is C22H24Cl2SiZr. The van der Waals surface area contributed by atoms with Crippen molar-refractivity contribution in [3.63, 3.8) is 0 Å². The number of halogens is 2. The molecular weight excluding hydrogens is 454 g/mol. The molecule has 0 saturated heterocycles. The molecule has 0 nitrogen and oxygen atoms in total. The van der Waals surface area contributed by atoms with Gasteiger partial charge >= 0.3 is 154 Å². The standard InChI is InChI=1S/C13H9.C5H5.C4H10Si.2ClH.Zr/c1-3-7-12-10(5-1)9-11-6-2-4-8-13(11)12;1-2-4-5-3-1;1-3-5-4-2;;;/h1-9H;1-3H,4H2;3-4H2,1-2H3;2*1H;/q;;;;;+2/p-2. The molecule has 4 rings (SSSR count). The summed E-state index contributed by atoms with van der Waals surface area (Å²) in [6.07, 6.45) is 8.43. The molecule has 2 aliphatic rings. The molecule has 0 heterocycles. The molecule has 0 N–H and O–H groups in total. The number of hydrogen-bond acceptors (Lipinski definition) is 0. The first-order chi connectivity index (χ1) is 11.8. The average molecular weight is 479 g/mol. The molecule has 26 heavy (non-hydrogen) atoms. The van der Waals surface area contributed by atoms with Crippen LogP contribution in [0.2, 0.25) is 12.1 Å². The van der Waals surface area contributed by atoms with E-state index in [9.17, 15) is 0 Å². The van der Waals surface area contributed by atoms with Crippen LogP contribution in [0.5, 0.6) is 0 Å². The SMILES string of the molecule is CC[Si](CC)=[Zr+2]([C]1=CC=CC1)[CH]1c2ccccc2-c2ccccc21.[Cl-].[Cl-].